The summed E-state index contributed by atoms with van der Waals surface area (Å²) in [5.74, 6) is -0.607. The van der Waals surface area contributed by atoms with Crippen molar-refractivity contribution >= 4 is 47.8 Å². The maximum absolute atomic E-state index is 13.2. The van der Waals surface area contributed by atoms with Gasteiger partial charge in [-0.15, -0.1) is 0 Å². The fourth-order valence-electron chi connectivity index (χ4n) is 30.6. The van der Waals surface area contributed by atoms with Crippen LogP contribution in [0.3, 0.4) is 0 Å². The number of hydrogen-bond donors (Lipinski definition) is 4. The van der Waals surface area contributed by atoms with E-state index in [0.717, 1.165) is 193 Å². The number of nitrogens with zero attached hydrogens (tertiary/aromatic N) is 2. The minimum Gasteiger partial charge on any atom is -0.458 e. The number of hydrogen-bond acceptors (Lipinski definition) is 30. The maximum atomic E-state index is 13.2. The summed E-state index contributed by atoms with van der Waals surface area (Å²) >= 11 is 0. The smallest absolute Gasteiger partial charge is 0.327 e. The molecule has 0 radical (unpaired) electrons. The van der Waals surface area contributed by atoms with Crippen LogP contribution in [0.5, 0.6) is 0 Å². The van der Waals surface area contributed by atoms with Crippen molar-refractivity contribution in [2.45, 2.75) is 526 Å². The van der Waals surface area contributed by atoms with Crippen molar-refractivity contribution in [3.05, 3.63) is 0 Å². The third-order valence-electron chi connectivity index (χ3n) is 38.3. The van der Waals surface area contributed by atoms with Crippen LogP contribution in [0, 0.1) is 113 Å². The SMILES string of the molecule is CCC(C)(C)C(=O)OC12CC3CC(O)(CC(O)(C3)C1)C2.CCC(C)(C)C(=O)OC12CC3CC(O)(CC(O)(C3)C1)C2.CCC(C)(C)C(=O)OC12CC3CC(OC4CCCCO4)(C1)CC(OC1CCCCO1)(C3)C2.CCC(C)(C)C(=O)OC1C2CC3C1OC(=O)C3(C#N)C2.CCC(C)(C)C(=O)OC1C2CC3C1OC(=O)C3(C#N)C2.CCOC(C)OC12CC3CC(OC(=O)C(C)(C)CC)(C1)CC(OC(C)OCC)(C3)C2. The molecule has 30 heteroatoms. The lowest BCUT2D eigenvalue weighted by Gasteiger charge is -2.65. The van der Waals surface area contributed by atoms with E-state index < -0.39 is 123 Å². The average Bonchev–Trinajstić information content (AvgIpc) is 1.41. The Labute approximate surface area is 843 Å². The zero-order valence-electron chi connectivity index (χ0n) is 89.8. The Morgan fingerprint density at radius 2 is 0.620 bits per heavy atom. The first-order valence-corrected chi connectivity index (χ1v) is 54.8. The van der Waals surface area contributed by atoms with Gasteiger partial charge < -0.3 is 96.2 Å². The Morgan fingerprint density at radius 3 is 0.894 bits per heavy atom. The van der Waals surface area contributed by atoms with E-state index in [9.17, 15) is 69.3 Å². The number of esters is 8. The van der Waals surface area contributed by atoms with Gasteiger partial charge in [0.1, 0.15) is 46.8 Å². The lowest BCUT2D eigenvalue weighted by atomic mass is 9.50. The highest BCUT2D eigenvalue weighted by Gasteiger charge is 2.76. The molecule has 0 aromatic heterocycles. The van der Waals surface area contributed by atoms with Crippen LogP contribution in [0.15, 0.2) is 0 Å². The topological polar surface area (TPSA) is 413 Å². The Morgan fingerprint density at radius 1 is 0.359 bits per heavy atom. The predicted octanol–water partition coefficient (Wildman–Crippen LogP) is 18.2. The van der Waals surface area contributed by atoms with Crippen molar-refractivity contribution in [1.82, 2.24) is 0 Å². The van der Waals surface area contributed by atoms with Gasteiger partial charge >= 0.3 is 47.8 Å². The van der Waals surface area contributed by atoms with E-state index >= 15 is 0 Å². The first-order chi connectivity index (χ1) is 66.2. The molecular weight excluding hydrogens is 1820 g/mol. The average molecular weight is 2000 g/mol. The third-order valence-corrected chi connectivity index (χ3v) is 38.3. The fraction of sp³-hybridized carbons (Fsp3) is 0.911. The number of carbonyl (C=O) groups excluding carboxylic acids is 8. The van der Waals surface area contributed by atoms with Crippen LogP contribution in [0.1, 0.15) is 409 Å². The summed E-state index contributed by atoms with van der Waals surface area (Å²) in [6.07, 6.45) is 28.5. The minimum atomic E-state index is -0.974. The summed E-state index contributed by atoms with van der Waals surface area (Å²) in [6, 6.07) is 4.30. The van der Waals surface area contributed by atoms with E-state index in [4.69, 9.17) is 75.8 Å². The molecule has 0 amide bonds. The third kappa shape index (κ3) is 21.9. The van der Waals surface area contributed by atoms with Gasteiger partial charge in [0.05, 0.1) is 89.4 Å². The first-order valence-electron chi connectivity index (χ1n) is 54.8. The number of carbonyl (C=O) groups is 8. The van der Waals surface area contributed by atoms with E-state index in [1.54, 1.807) is 0 Å². The summed E-state index contributed by atoms with van der Waals surface area (Å²) in [4.78, 5) is 99.4. The van der Waals surface area contributed by atoms with Gasteiger partial charge in [0.15, 0.2) is 36.0 Å². The lowest BCUT2D eigenvalue weighted by Crippen LogP contribution is -2.69. The fourth-order valence-corrected chi connectivity index (χ4v) is 30.6. The van der Waals surface area contributed by atoms with Crippen LogP contribution in [-0.4, -0.2) is 211 Å². The quantitative estimate of drug-likeness (QED) is 0.0295. The van der Waals surface area contributed by atoms with Gasteiger partial charge in [-0.1, -0.05) is 41.5 Å². The normalized spacial score (nSPS) is 42.5. The van der Waals surface area contributed by atoms with Crippen LogP contribution < -0.4 is 0 Å². The van der Waals surface area contributed by atoms with Crippen molar-refractivity contribution in [2.75, 3.05) is 26.4 Å². The monoisotopic (exact) mass is 2000 g/mol. The van der Waals surface area contributed by atoms with Gasteiger partial charge in [0.2, 0.25) is 0 Å². The summed E-state index contributed by atoms with van der Waals surface area (Å²) in [5, 5.41) is 61.2. The molecule has 24 aliphatic rings. The van der Waals surface area contributed by atoms with Crippen molar-refractivity contribution in [3.63, 3.8) is 0 Å². The van der Waals surface area contributed by atoms with Crippen molar-refractivity contribution < 1.29 is 135 Å². The summed E-state index contributed by atoms with van der Waals surface area (Å²) in [6.45, 7) is 45.4. The van der Waals surface area contributed by atoms with Crippen LogP contribution in [-0.2, 0) is 114 Å². The van der Waals surface area contributed by atoms with Gasteiger partial charge in [-0.25, -0.2) is 0 Å². The number of aliphatic hydroxyl groups is 4. The van der Waals surface area contributed by atoms with E-state index in [0.29, 0.717) is 102 Å². The number of nitriles is 2. The van der Waals surface area contributed by atoms with Gasteiger partial charge in [-0.05, 0) is 314 Å². The van der Waals surface area contributed by atoms with Crippen LogP contribution in [0.4, 0.5) is 0 Å². The zero-order chi connectivity index (χ0) is 104. The van der Waals surface area contributed by atoms with Crippen LogP contribution in [0.2, 0.25) is 0 Å². The molecule has 0 aromatic rings. The van der Waals surface area contributed by atoms with E-state index in [1.165, 1.54) is 0 Å². The van der Waals surface area contributed by atoms with Crippen LogP contribution >= 0.6 is 0 Å². The molecule has 800 valence electrons. The largest absolute Gasteiger partial charge is 0.458 e. The second kappa shape index (κ2) is 39.6. The molecule has 22 atom stereocenters. The molecule has 20 bridgehead atoms. The molecule has 4 heterocycles. The number of ether oxygens (including phenoxy) is 16. The molecule has 0 aromatic carbocycles. The Kier molecular flexibility index (Phi) is 30.8. The second-order valence-corrected chi connectivity index (χ2v) is 52.7. The molecule has 24 rings (SSSR count). The molecule has 30 nitrogen and oxygen atoms in total. The second-order valence-electron chi connectivity index (χ2n) is 52.7. The molecule has 24 fully saturated rings. The van der Waals surface area contributed by atoms with E-state index in [1.807, 2.05) is 145 Å². The van der Waals surface area contributed by atoms with Crippen molar-refractivity contribution in [1.29, 1.82) is 10.5 Å². The summed E-state index contributed by atoms with van der Waals surface area (Å²) in [5.41, 5.74) is -12.2. The summed E-state index contributed by atoms with van der Waals surface area (Å²) < 4.78 is 96.7. The van der Waals surface area contributed by atoms with Crippen molar-refractivity contribution in [2.24, 2.45) is 90.7 Å². The van der Waals surface area contributed by atoms with Gasteiger partial charge in [-0.2, -0.15) is 10.5 Å². The molecule has 4 N–H and O–H groups in total. The first kappa shape index (κ1) is 110. The van der Waals surface area contributed by atoms with Crippen molar-refractivity contribution in [3.8, 4) is 12.1 Å². The molecule has 4 aliphatic heterocycles. The Bertz CT molecular complexity index is 4440. The minimum absolute atomic E-state index is 0.0766. The summed E-state index contributed by atoms with van der Waals surface area (Å²) in [7, 11) is 0. The molecule has 0 spiro atoms. The number of fused-ring (bicyclic) bond motifs is 2. The number of rotatable bonds is 30. The standard InChI is InChI=1S/C26H42O6.C24H42O6.2C16H26O4.2C15H19NO4/c1-4-23(2,3)22(27)32-26-15-19-13-24(17-26,30-20-9-5-7-11-28-20)16-25(14-19,18-26)31-21-10-6-8-12-29-21;1-8-21(6,7)20(25)30-24-13-19-11-22(15-24,28-17(4)26-9-2)14-23(12-19,16-24)29-18(5)27-10-3;2*1-4-13(2,3)12(17)20-16-7-11-5-14(18,9-16)8-15(19,6-11)10-16;2*1-4-14(2,3)12(17)19-10-8-5-9-11(10)20-13(18)15(9,6-8)7-16/h19-21H,4-18H2,1-3H3;17-19H,8-16H2,1-7H3;2*11,18-19H,4-10H2,1-3H3;2*8-11H,4-6H2,1-3H3. The molecular formula is C112H174N2O28. The van der Waals surface area contributed by atoms with Gasteiger partial charge in [0.25, 0.3) is 0 Å². The van der Waals surface area contributed by atoms with E-state index in [-0.39, 0.29) is 120 Å². The zero-order valence-corrected chi connectivity index (χ0v) is 89.8. The van der Waals surface area contributed by atoms with Crippen LogP contribution in [0.25, 0.3) is 0 Å². The molecule has 22 unspecified atom stereocenters. The van der Waals surface area contributed by atoms with E-state index in [2.05, 4.69) is 19.1 Å². The maximum Gasteiger partial charge on any atom is 0.327 e. The Balaban J connectivity index is 0.000000130. The molecule has 20 aliphatic carbocycles. The van der Waals surface area contributed by atoms with Gasteiger partial charge in [-0.3, -0.25) is 38.4 Å². The predicted molar refractivity (Wildman–Crippen MR) is 517 cm³/mol. The highest BCUT2D eigenvalue weighted by Crippen LogP contribution is 2.70. The lowest BCUT2D eigenvalue weighted by molar-refractivity contribution is -0.344. The molecule has 142 heavy (non-hydrogen) atoms. The highest BCUT2D eigenvalue weighted by molar-refractivity contribution is 5.86. The molecule has 4 saturated heterocycles. The highest BCUT2D eigenvalue weighted by atomic mass is 16.7. The molecule has 20 saturated carbocycles. The Hall–Kier alpha value is -5.74. The van der Waals surface area contributed by atoms with Gasteiger partial charge in [0, 0.05) is 127 Å².